The zero-order valence-electron chi connectivity index (χ0n) is 11.5. The topological polar surface area (TPSA) is 29.9 Å². The molecule has 3 nitrogen and oxygen atoms in total. The number of imidazole rings is 1. The van der Waals surface area contributed by atoms with Gasteiger partial charge in [-0.15, -0.1) is 0 Å². The molecule has 1 aromatic carbocycles. The van der Waals surface area contributed by atoms with Crippen molar-refractivity contribution in [2.24, 2.45) is 0 Å². The van der Waals surface area contributed by atoms with E-state index in [-0.39, 0.29) is 0 Å². The van der Waals surface area contributed by atoms with E-state index in [9.17, 15) is 0 Å². The van der Waals surface area contributed by atoms with Gasteiger partial charge < -0.3 is 5.32 Å². The summed E-state index contributed by atoms with van der Waals surface area (Å²) in [5, 5.41) is 3.35. The van der Waals surface area contributed by atoms with Crippen molar-refractivity contribution in [1.29, 1.82) is 0 Å². The summed E-state index contributed by atoms with van der Waals surface area (Å²) in [6.07, 6.45) is 3.82. The lowest BCUT2D eigenvalue weighted by atomic mass is 10.0. The van der Waals surface area contributed by atoms with Crippen molar-refractivity contribution < 1.29 is 0 Å². The SMILES string of the molecule is CC(C)Nc1nccn1-c1cccc(C(C)C)c1. The van der Waals surface area contributed by atoms with Crippen molar-refractivity contribution in [1.82, 2.24) is 9.55 Å². The molecule has 1 heterocycles. The van der Waals surface area contributed by atoms with Gasteiger partial charge in [-0.3, -0.25) is 4.57 Å². The first-order valence-electron chi connectivity index (χ1n) is 6.48. The van der Waals surface area contributed by atoms with Gasteiger partial charge in [0.1, 0.15) is 0 Å². The molecule has 0 aliphatic rings. The van der Waals surface area contributed by atoms with Gasteiger partial charge in [0.2, 0.25) is 5.95 Å². The van der Waals surface area contributed by atoms with Gasteiger partial charge in [-0.1, -0.05) is 26.0 Å². The molecule has 96 valence electrons. The van der Waals surface area contributed by atoms with Crippen molar-refractivity contribution in [2.75, 3.05) is 5.32 Å². The molecule has 2 aromatic rings. The molecule has 18 heavy (non-hydrogen) atoms. The van der Waals surface area contributed by atoms with E-state index in [2.05, 4.69) is 66.8 Å². The Morgan fingerprint density at radius 1 is 1.17 bits per heavy atom. The molecule has 0 amide bonds. The predicted molar refractivity (Wildman–Crippen MR) is 76.4 cm³/mol. The number of nitrogens with one attached hydrogen (secondary N) is 1. The zero-order valence-corrected chi connectivity index (χ0v) is 11.5. The highest BCUT2D eigenvalue weighted by Crippen LogP contribution is 2.20. The Hall–Kier alpha value is -1.77. The summed E-state index contributed by atoms with van der Waals surface area (Å²) in [6.45, 7) is 8.65. The third kappa shape index (κ3) is 2.73. The molecule has 1 N–H and O–H groups in total. The van der Waals surface area contributed by atoms with Crippen LogP contribution in [0.1, 0.15) is 39.2 Å². The maximum atomic E-state index is 4.36. The van der Waals surface area contributed by atoms with Crippen molar-refractivity contribution in [2.45, 2.75) is 39.7 Å². The lowest BCUT2D eigenvalue weighted by Crippen LogP contribution is -2.14. The summed E-state index contributed by atoms with van der Waals surface area (Å²) in [5.74, 6) is 1.43. The van der Waals surface area contributed by atoms with Gasteiger partial charge in [0, 0.05) is 24.1 Å². The summed E-state index contributed by atoms with van der Waals surface area (Å²) in [6, 6.07) is 8.97. The lowest BCUT2D eigenvalue weighted by molar-refractivity contribution is 0.852. The number of hydrogen-bond donors (Lipinski definition) is 1. The van der Waals surface area contributed by atoms with Crippen LogP contribution in [0.2, 0.25) is 0 Å². The smallest absolute Gasteiger partial charge is 0.207 e. The Labute approximate surface area is 109 Å². The van der Waals surface area contributed by atoms with Gasteiger partial charge in [0.15, 0.2) is 0 Å². The van der Waals surface area contributed by atoms with Crippen LogP contribution in [0.15, 0.2) is 36.7 Å². The largest absolute Gasteiger partial charge is 0.353 e. The van der Waals surface area contributed by atoms with Gasteiger partial charge in [-0.25, -0.2) is 4.98 Å². The highest BCUT2D eigenvalue weighted by Gasteiger charge is 2.07. The molecule has 0 fully saturated rings. The predicted octanol–water partition coefficient (Wildman–Crippen LogP) is 3.82. The van der Waals surface area contributed by atoms with Crippen LogP contribution in [0.4, 0.5) is 5.95 Å². The van der Waals surface area contributed by atoms with Crippen LogP contribution in [0.5, 0.6) is 0 Å². The first-order chi connectivity index (χ1) is 8.58. The monoisotopic (exact) mass is 243 g/mol. The molecule has 0 bridgehead atoms. The van der Waals surface area contributed by atoms with Crippen LogP contribution in [-0.2, 0) is 0 Å². The second-order valence-electron chi connectivity index (χ2n) is 5.17. The maximum Gasteiger partial charge on any atom is 0.207 e. The Morgan fingerprint density at radius 3 is 2.61 bits per heavy atom. The van der Waals surface area contributed by atoms with E-state index in [1.54, 1.807) is 0 Å². The summed E-state index contributed by atoms with van der Waals surface area (Å²) in [5.41, 5.74) is 2.50. The molecule has 0 unspecified atom stereocenters. The van der Waals surface area contributed by atoms with E-state index in [1.165, 1.54) is 5.56 Å². The minimum atomic E-state index is 0.374. The Bertz CT molecular complexity index is 512. The summed E-state index contributed by atoms with van der Waals surface area (Å²) < 4.78 is 2.09. The molecular weight excluding hydrogens is 222 g/mol. The quantitative estimate of drug-likeness (QED) is 0.884. The molecule has 1 aromatic heterocycles. The van der Waals surface area contributed by atoms with Crippen molar-refractivity contribution in [3.05, 3.63) is 42.2 Å². The number of anilines is 1. The van der Waals surface area contributed by atoms with E-state index < -0.39 is 0 Å². The van der Waals surface area contributed by atoms with Crippen molar-refractivity contribution in [3.8, 4) is 5.69 Å². The van der Waals surface area contributed by atoms with Crippen LogP contribution in [0.3, 0.4) is 0 Å². The van der Waals surface area contributed by atoms with E-state index in [1.807, 2.05) is 12.4 Å². The van der Waals surface area contributed by atoms with Crippen molar-refractivity contribution >= 4 is 5.95 Å². The fourth-order valence-electron chi connectivity index (χ4n) is 1.91. The molecule has 0 atom stereocenters. The molecule has 0 saturated heterocycles. The van der Waals surface area contributed by atoms with E-state index in [0.717, 1.165) is 11.6 Å². The summed E-state index contributed by atoms with van der Waals surface area (Å²) >= 11 is 0. The molecule has 2 rings (SSSR count). The second kappa shape index (κ2) is 5.25. The number of rotatable bonds is 4. The van der Waals surface area contributed by atoms with Crippen LogP contribution >= 0.6 is 0 Å². The zero-order chi connectivity index (χ0) is 13.1. The number of benzene rings is 1. The number of nitrogens with zero attached hydrogens (tertiary/aromatic N) is 2. The Balaban J connectivity index is 2.36. The highest BCUT2D eigenvalue weighted by atomic mass is 15.2. The maximum absolute atomic E-state index is 4.36. The normalized spacial score (nSPS) is 11.2. The minimum absolute atomic E-state index is 0.374. The third-order valence-corrected chi connectivity index (χ3v) is 2.87. The Kier molecular flexibility index (Phi) is 3.70. The van der Waals surface area contributed by atoms with Crippen LogP contribution < -0.4 is 5.32 Å². The van der Waals surface area contributed by atoms with Gasteiger partial charge in [-0.2, -0.15) is 0 Å². The van der Waals surface area contributed by atoms with Gasteiger partial charge in [0.05, 0.1) is 0 Å². The van der Waals surface area contributed by atoms with Crippen LogP contribution in [0, 0.1) is 0 Å². The molecule has 0 spiro atoms. The molecule has 3 heteroatoms. The minimum Gasteiger partial charge on any atom is -0.353 e. The van der Waals surface area contributed by atoms with Crippen molar-refractivity contribution in [3.63, 3.8) is 0 Å². The molecule has 0 saturated carbocycles. The van der Waals surface area contributed by atoms with Crippen LogP contribution in [0.25, 0.3) is 5.69 Å². The average molecular weight is 243 g/mol. The fraction of sp³-hybridized carbons (Fsp3) is 0.400. The third-order valence-electron chi connectivity index (χ3n) is 2.87. The first-order valence-corrected chi connectivity index (χ1v) is 6.48. The molecule has 0 radical (unpaired) electrons. The van der Waals surface area contributed by atoms with Gasteiger partial charge >= 0.3 is 0 Å². The van der Waals surface area contributed by atoms with E-state index in [4.69, 9.17) is 0 Å². The standard InChI is InChI=1S/C15H21N3/c1-11(2)13-6-5-7-14(10-13)18-9-8-16-15(18)17-12(3)4/h5-12H,1-4H3,(H,16,17). The highest BCUT2D eigenvalue weighted by molar-refractivity contribution is 5.44. The van der Waals surface area contributed by atoms with E-state index >= 15 is 0 Å². The summed E-state index contributed by atoms with van der Waals surface area (Å²) in [7, 11) is 0. The van der Waals surface area contributed by atoms with Gasteiger partial charge in [-0.05, 0) is 37.5 Å². The molecule has 0 aliphatic heterocycles. The first kappa shape index (κ1) is 12.7. The molecular formula is C15H21N3. The number of hydrogen-bond acceptors (Lipinski definition) is 2. The van der Waals surface area contributed by atoms with Gasteiger partial charge in [0.25, 0.3) is 0 Å². The number of aromatic nitrogens is 2. The lowest BCUT2D eigenvalue weighted by Gasteiger charge is -2.14. The molecule has 0 aliphatic carbocycles. The van der Waals surface area contributed by atoms with Crippen LogP contribution in [-0.4, -0.2) is 15.6 Å². The van der Waals surface area contributed by atoms with E-state index in [0.29, 0.717) is 12.0 Å². The Morgan fingerprint density at radius 2 is 1.94 bits per heavy atom. The average Bonchev–Trinajstić information content (AvgIpc) is 2.76. The summed E-state index contributed by atoms with van der Waals surface area (Å²) in [4.78, 5) is 4.36. The second-order valence-corrected chi connectivity index (χ2v) is 5.17. The fourth-order valence-corrected chi connectivity index (χ4v) is 1.91.